The molecular weight excluding hydrogens is 268 g/mol. The van der Waals surface area contributed by atoms with Crippen LogP contribution in [0, 0.1) is 0 Å². The second-order valence-electron chi connectivity index (χ2n) is 5.50. The molecule has 1 aromatic heterocycles. The SMILES string of the molecule is C/C(=C\c1cccs1)C(=O)NCC(C)N1CCCCC1. The zero-order valence-electron chi connectivity index (χ0n) is 12.4. The summed E-state index contributed by atoms with van der Waals surface area (Å²) in [5, 5.41) is 5.07. The minimum Gasteiger partial charge on any atom is -0.351 e. The van der Waals surface area contributed by atoms with E-state index in [1.807, 2.05) is 30.5 Å². The van der Waals surface area contributed by atoms with E-state index in [9.17, 15) is 4.79 Å². The van der Waals surface area contributed by atoms with Crippen molar-refractivity contribution in [3.8, 4) is 0 Å². The van der Waals surface area contributed by atoms with E-state index in [1.54, 1.807) is 11.3 Å². The number of thiophene rings is 1. The van der Waals surface area contributed by atoms with Crippen molar-refractivity contribution >= 4 is 23.3 Å². The smallest absolute Gasteiger partial charge is 0.247 e. The number of nitrogens with one attached hydrogen (secondary N) is 1. The zero-order valence-corrected chi connectivity index (χ0v) is 13.2. The molecule has 0 saturated carbocycles. The van der Waals surface area contributed by atoms with Gasteiger partial charge in [-0.1, -0.05) is 12.5 Å². The molecule has 2 rings (SSSR count). The Morgan fingerprint density at radius 1 is 1.45 bits per heavy atom. The Balaban J connectivity index is 1.79. The molecule has 2 heterocycles. The molecule has 4 heteroatoms. The normalized spacial score (nSPS) is 18.8. The van der Waals surface area contributed by atoms with Crippen LogP contribution in [0.3, 0.4) is 0 Å². The van der Waals surface area contributed by atoms with Crippen molar-refractivity contribution in [2.75, 3.05) is 19.6 Å². The summed E-state index contributed by atoms with van der Waals surface area (Å²) in [6.07, 6.45) is 5.87. The summed E-state index contributed by atoms with van der Waals surface area (Å²) in [6.45, 7) is 7.14. The molecule has 1 N–H and O–H groups in total. The molecule has 20 heavy (non-hydrogen) atoms. The Bertz CT molecular complexity index is 447. The van der Waals surface area contributed by atoms with Crippen LogP contribution >= 0.6 is 11.3 Å². The molecule has 1 amide bonds. The third-order valence-electron chi connectivity index (χ3n) is 3.83. The first-order valence-corrected chi connectivity index (χ1v) is 8.29. The number of likely N-dealkylation sites (tertiary alicyclic amines) is 1. The minimum atomic E-state index is 0.0438. The number of rotatable bonds is 5. The second-order valence-corrected chi connectivity index (χ2v) is 6.48. The predicted octanol–water partition coefficient (Wildman–Crippen LogP) is 3.14. The van der Waals surface area contributed by atoms with E-state index < -0.39 is 0 Å². The van der Waals surface area contributed by atoms with E-state index in [1.165, 1.54) is 32.4 Å². The Hall–Kier alpha value is -1.13. The Morgan fingerprint density at radius 3 is 2.85 bits per heavy atom. The van der Waals surface area contributed by atoms with Gasteiger partial charge in [0.05, 0.1) is 0 Å². The van der Waals surface area contributed by atoms with Crippen LogP contribution in [0.5, 0.6) is 0 Å². The van der Waals surface area contributed by atoms with Crippen LogP contribution in [-0.4, -0.2) is 36.5 Å². The van der Waals surface area contributed by atoms with E-state index in [0.29, 0.717) is 6.04 Å². The van der Waals surface area contributed by atoms with Crippen molar-refractivity contribution in [3.05, 3.63) is 28.0 Å². The monoisotopic (exact) mass is 292 g/mol. The molecule has 1 fully saturated rings. The van der Waals surface area contributed by atoms with E-state index in [-0.39, 0.29) is 5.91 Å². The van der Waals surface area contributed by atoms with Crippen LogP contribution in [0.1, 0.15) is 38.0 Å². The summed E-state index contributed by atoms with van der Waals surface area (Å²) in [5.74, 6) is 0.0438. The topological polar surface area (TPSA) is 32.3 Å². The van der Waals surface area contributed by atoms with E-state index in [2.05, 4.69) is 17.1 Å². The Labute approximate surface area is 125 Å². The summed E-state index contributed by atoms with van der Waals surface area (Å²) < 4.78 is 0. The first kappa shape index (κ1) is 15.3. The third kappa shape index (κ3) is 4.46. The van der Waals surface area contributed by atoms with Gasteiger partial charge in [-0.05, 0) is 57.3 Å². The molecule has 0 radical (unpaired) electrons. The number of nitrogens with zero attached hydrogens (tertiary/aromatic N) is 1. The van der Waals surface area contributed by atoms with Gasteiger partial charge in [-0.25, -0.2) is 0 Å². The fraction of sp³-hybridized carbons (Fsp3) is 0.562. The highest BCUT2D eigenvalue weighted by molar-refractivity contribution is 7.10. The van der Waals surface area contributed by atoms with E-state index in [0.717, 1.165) is 17.0 Å². The van der Waals surface area contributed by atoms with Gasteiger partial charge in [0.2, 0.25) is 5.91 Å². The van der Waals surface area contributed by atoms with Crippen molar-refractivity contribution in [1.82, 2.24) is 10.2 Å². The molecule has 1 unspecified atom stereocenters. The predicted molar refractivity (Wildman–Crippen MR) is 85.9 cm³/mol. The van der Waals surface area contributed by atoms with Crippen molar-refractivity contribution < 1.29 is 4.79 Å². The number of hydrogen-bond donors (Lipinski definition) is 1. The van der Waals surface area contributed by atoms with Crippen LogP contribution in [0.25, 0.3) is 6.08 Å². The van der Waals surface area contributed by atoms with Gasteiger partial charge in [0.25, 0.3) is 0 Å². The molecule has 0 bridgehead atoms. The number of piperidine rings is 1. The highest BCUT2D eigenvalue weighted by Crippen LogP contribution is 2.14. The first-order chi connectivity index (χ1) is 9.66. The lowest BCUT2D eigenvalue weighted by Gasteiger charge is -2.32. The van der Waals surface area contributed by atoms with Crippen LogP contribution in [0.15, 0.2) is 23.1 Å². The van der Waals surface area contributed by atoms with Crippen molar-refractivity contribution in [2.45, 2.75) is 39.2 Å². The van der Waals surface area contributed by atoms with Gasteiger partial charge in [-0.2, -0.15) is 0 Å². The molecule has 0 aliphatic carbocycles. The van der Waals surface area contributed by atoms with Crippen molar-refractivity contribution in [3.63, 3.8) is 0 Å². The van der Waals surface area contributed by atoms with Gasteiger partial charge in [0, 0.05) is 23.0 Å². The summed E-state index contributed by atoms with van der Waals surface area (Å²) in [4.78, 5) is 15.7. The highest BCUT2D eigenvalue weighted by atomic mass is 32.1. The number of amides is 1. The first-order valence-electron chi connectivity index (χ1n) is 7.41. The molecule has 1 aliphatic heterocycles. The van der Waals surface area contributed by atoms with Crippen LogP contribution < -0.4 is 5.32 Å². The standard InChI is InChI=1S/C16H24N2OS/c1-13(11-15-7-6-10-20-15)16(19)17-12-14(2)18-8-4-3-5-9-18/h6-7,10-11,14H,3-5,8-9,12H2,1-2H3,(H,17,19)/b13-11+. The number of carbonyl (C=O) groups is 1. The van der Waals surface area contributed by atoms with Gasteiger partial charge in [-0.3, -0.25) is 9.69 Å². The fourth-order valence-corrected chi connectivity index (χ4v) is 3.24. The molecule has 1 aliphatic rings. The van der Waals surface area contributed by atoms with Gasteiger partial charge < -0.3 is 5.32 Å². The fourth-order valence-electron chi connectivity index (χ4n) is 2.52. The summed E-state index contributed by atoms with van der Waals surface area (Å²) in [7, 11) is 0. The Kier molecular flexibility index (Phi) is 5.80. The van der Waals surface area contributed by atoms with Crippen LogP contribution in [0.2, 0.25) is 0 Å². The lowest BCUT2D eigenvalue weighted by atomic mass is 10.1. The van der Waals surface area contributed by atoms with E-state index in [4.69, 9.17) is 0 Å². The van der Waals surface area contributed by atoms with Gasteiger partial charge in [0.1, 0.15) is 0 Å². The summed E-state index contributed by atoms with van der Waals surface area (Å²) in [6, 6.07) is 4.45. The lowest BCUT2D eigenvalue weighted by Crippen LogP contribution is -2.44. The summed E-state index contributed by atoms with van der Waals surface area (Å²) >= 11 is 1.65. The maximum absolute atomic E-state index is 12.1. The zero-order chi connectivity index (χ0) is 14.4. The maximum atomic E-state index is 12.1. The van der Waals surface area contributed by atoms with Crippen LogP contribution in [-0.2, 0) is 4.79 Å². The minimum absolute atomic E-state index is 0.0438. The second kappa shape index (κ2) is 7.60. The number of carbonyl (C=O) groups excluding carboxylic acids is 1. The largest absolute Gasteiger partial charge is 0.351 e. The van der Waals surface area contributed by atoms with Crippen molar-refractivity contribution in [1.29, 1.82) is 0 Å². The van der Waals surface area contributed by atoms with Crippen LogP contribution in [0.4, 0.5) is 0 Å². The van der Waals surface area contributed by atoms with Crippen molar-refractivity contribution in [2.24, 2.45) is 0 Å². The Morgan fingerprint density at radius 2 is 2.20 bits per heavy atom. The highest BCUT2D eigenvalue weighted by Gasteiger charge is 2.17. The third-order valence-corrected chi connectivity index (χ3v) is 4.65. The molecule has 3 nitrogen and oxygen atoms in total. The molecule has 1 atom stereocenters. The molecular formula is C16H24N2OS. The van der Waals surface area contributed by atoms with Gasteiger partial charge in [-0.15, -0.1) is 11.3 Å². The average molecular weight is 292 g/mol. The quantitative estimate of drug-likeness (QED) is 0.846. The lowest BCUT2D eigenvalue weighted by molar-refractivity contribution is -0.117. The molecule has 1 saturated heterocycles. The van der Waals surface area contributed by atoms with Gasteiger partial charge >= 0.3 is 0 Å². The molecule has 110 valence electrons. The average Bonchev–Trinajstić information content (AvgIpc) is 2.98. The van der Waals surface area contributed by atoms with Gasteiger partial charge in [0.15, 0.2) is 0 Å². The van der Waals surface area contributed by atoms with E-state index >= 15 is 0 Å². The number of hydrogen-bond acceptors (Lipinski definition) is 3. The maximum Gasteiger partial charge on any atom is 0.247 e. The molecule has 0 aromatic carbocycles. The molecule has 1 aromatic rings. The summed E-state index contributed by atoms with van der Waals surface area (Å²) in [5.41, 5.74) is 0.776. The molecule has 0 spiro atoms.